The van der Waals surface area contributed by atoms with E-state index >= 15 is 0 Å². The number of fused-ring (bicyclic) bond motifs is 4. The standard InChI is InChI=1S/C44H30N2O/c1-2-15-36(16-3-1)46-41-18-8-9-20-43(41)47-44-30-35(24-28-42(44)46)32-21-25-37(26-22-32)45(38-27-23-31-11-4-5-13-34(31)29-38)40-19-10-14-33-12-6-7-17-39(33)40/h1-30H. The van der Waals surface area contributed by atoms with Crippen molar-refractivity contribution in [1.82, 2.24) is 0 Å². The van der Waals surface area contributed by atoms with Crippen LogP contribution in [0.3, 0.4) is 0 Å². The van der Waals surface area contributed by atoms with Gasteiger partial charge in [-0.25, -0.2) is 0 Å². The number of nitrogens with zero attached hydrogens (tertiary/aromatic N) is 2. The number of hydrogen-bond donors (Lipinski definition) is 0. The molecule has 0 fully saturated rings. The van der Waals surface area contributed by atoms with E-state index in [0.717, 1.165) is 56.8 Å². The summed E-state index contributed by atoms with van der Waals surface area (Å²) in [6, 6.07) is 64.4. The molecule has 1 aliphatic heterocycles. The third kappa shape index (κ3) is 4.77. The molecule has 8 aromatic rings. The normalized spacial score (nSPS) is 12.0. The van der Waals surface area contributed by atoms with Gasteiger partial charge in [-0.05, 0) is 94.0 Å². The highest BCUT2D eigenvalue weighted by molar-refractivity contribution is 6.00. The van der Waals surface area contributed by atoms with Crippen molar-refractivity contribution >= 4 is 55.7 Å². The summed E-state index contributed by atoms with van der Waals surface area (Å²) in [5.41, 5.74) is 8.75. The number of anilines is 6. The molecule has 47 heavy (non-hydrogen) atoms. The molecule has 0 saturated carbocycles. The minimum Gasteiger partial charge on any atom is -0.453 e. The lowest BCUT2D eigenvalue weighted by Crippen LogP contribution is -2.15. The number of ether oxygens (including phenoxy) is 1. The first-order valence-corrected chi connectivity index (χ1v) is 15.9. The molecule has 3 heteroatoms. The van der Waals surface area contributed by atoms with Crippen LogP contribution in [0.1, 0.15) is 0 Å². The van der Waals surface area contributed by atoms with Gasteiger partial charge < -0.3 is 14.5 Å². The number of para-hydroxylation sites is 3. The lowest BCUT2D eigenvalue weighted by atomic mass is 10.0. The predicted molar refractivity (Wildman–Crippen MR) is 196 cm³/mol. The second-order valence-electron chi connectivity index (χ2n) is 11.8. The number of rotatable bonds is 5. The molecule has 0 radical (unpaired) electrons. The molecule has 9 rings (SSSR count). The van der Waals surface area contributed by atoms with Crippen molar-refractivity contribution in [2.75, 3.05) is 9.80 Å². The molecule has 0 spiro atoms. The molecule has 0 aliphatic carbocycles. The molecule has 222 valence electrons. The molecule has 1 heterocycles. The quantitative estimate of drug-likeness (QED) is 0.195. The SMILES string of the molecule is c1ccc(N2c3ccccc3Oc3cc(-c4ccc(N(c5ccc6ccccc6c5)c5cccc6ccccc56)cc4)ccc32)cc1. The van der Waals surface area contributed by atoms with Crippen LogP contribution in [0.4, 0.5) is 34.1 Å². The van der Waals surface area contributed by atoms with Crippen LogP contribution < -0.4 is 14.5 Å². The van der Waals surface area contributed by atoms with E-state index in [4.69, 9.17) is 4.74 Å². The van der Waals surface area contributed by atoms with E-state index < -0.39 is 0 Å². The Morgan fingerprint density at radius 1 is 0.404 bits per heavy atom. The van der Waals surface area contributed by atoms with Crippen molar-refractivity contribution in [3.8, 4) is 22.6 Å². The lowest BCUT2D eigenvalue weighted by Gasteiger charge is -2.33. The van der Waals surface area contributed by atoms with Gasteiger partial charge in [0.15, 0.2) is 11.5 Å². The second-order valence-corrected chi connectivity index (χ2v) is 11.8. The Hall–Kier alpha value is -6.32. The third-order valence-corrected chi connectivity index (χ3v) is 9.00. The Labute approximate surface area is 274 Å². The van der Waals surface area contributed by atoms with Crippen LogP contribution in [0.5, 0.6) is 11.5 Å². The summed E-state index contributed by atoms with van der Waals surface area (Å²) in [5.74, 6) is 1.68. The molecule has 0 unspecified atom stereocenters. The fourth-order valence-corrected chi connectivity index (χ4v) is 6.74. The maximum atomic E-state index is 6.50. The summed E-state index contributed by atoms with van der Waals surface area (Å²) in [6.45, 7) is 0. The Morgan fingerprint density at radius 3 is 1.94 bits per heavy atom. The topological polar surface area (TPSA) is 15.7 Å². The molecule has 8 aromatic carbocycles. The molecule has 0 N–H and O–H groups in total. The van der Waals surface area contributed by atoms with Gasteiger partial charge >= 0.3 is 0 Å². The molecule has 1 aliphatic rings. The average Bonchev–Trinajstić information content (AvgIpc) is 3.14. The molecule has 0 aromatic heterocycles. The smallest absolute Gasteiger partial charge is 0.152 e. The van der Waals surface area contributed by atoms with Crippen LogP contribution in [0.15, 0.2) is 182 Å². The minimum absolute atomic E-state index is 0.836. The highest BCUT2D eigenvalue weighted by Gasteiger charge is 2.26. The zero-order chi connectivity index (χ0) is 31.2. The van der Waals surface area contributed by atoms with Gasteiger partial charge in [-0.1, -0.05) is 115 Å². The van der Waals surface area contributed by atoms with Gasteiger partial charge in [0.2, 0.25) is 0 Å². The van der Waals surface area contributed by atoms with Gasteiger partial charge in [0.25, 0.3) is 0 Å². The van der Waals surface area contributed by atoms with Crippen LogP contribution in [-0.4, -0.2) is 0 Å². The van der Waals surface area contributed by atoms with Gasteiger partial charge in [0, 0.05) is 22.4 Å². The molecular weight excluding hydrogens is 572 g/mol. The van der Waals surface area contributed by atoms with Crippen molar-refractivity contribution < 1.29 is 4.74 Å². The van der Waals surface area contributed by atoms with Gasteiger partial charge in [0.1, 0.15) is 0 Å². The highest BCUT2D eigenvalue weighted by atomic mass is 16.5. The minimum atomic E-state index is 0.836. The lowest BCUT2D eigenvalue weighted by molar-refractivity contribution is 0.477. The van der Waals surface area contributed by atoms with Gasteiger partial charge in [0.05, 0.1) is 17.1 Å². The van der Waals surface area contributed by atoms with E-state index in [1.54, 1.807) is 0 Å². The summed E-state index contributed by atoms with van der Waals surface area (Å²) >= 11 is 0. The fourth-order valence-electron chi connectivity index (χ4n) is 6.74. The summed E-state index contributed by atoms with van der Waals surface area (Å²) in [6.07, 6.45) is 0. The van der Waals surface area contributed by atoms with Crippen LogP contribution in [0.2, 0.25) is 0 Å². The molecule has 0 saturated heterocycles. The van der Waals surface area contributed by atoms with Gasteiger partial charge in [-0.2, -0.15) is 0 Å². The van der Waals surface area contributed by atoms with E-state index in [1.807, 2.05) is 18.2 Å². The van der Waals surface area contributed by atoms with Gasteiger partial charge in [-0.3, -0.25) is 0 Å². The Kier molecular flexibility index (Phi) is 6.46. The first kappa shape index (κ1) is 27.0. The third-order valence-electron chi connectivity index (χ3n) is 9.00. The van der Waals surface area contributed by atoms with Crippen molar-refractivity contribution in [2.24, 2.45) is 0 Å². The molecule has 0 atom stereocenters. The average molecular weight is 603 g/mol. The number of hydrogen-bond acceptors (Lipinski definition) is 3. The van der Waals surface area contributed by atoms with E-state index in [1.165, 1.54) is 21.5 Å². The van der Waals surface area contributed by atoms with E-state index in [0.29, 0.717) is 0 Å². The first-order chi connectivity index (χ1) is 23.3. The summed E-state index contributed by atoms with van der Waals surface area (Å²) in [7, 11) is 0. The zero-order valence-corrected chi connectivity index (χ0v) is 25.6. The Balaban J connectivity index is 1.13. The maximum absolute atomic E-state index is 6.50. The van der Waals surface area contributed by atoms with Gasteiger partial charge in [-0.15, -0.1) is 0 Å². The zero-order valence-electron chi connectivity index (χ0n) is 25.6. The van der Waals surface area contributed by atoms with Crippen LogP contribution >= 0.6 is 0 Å². The number of benzene rings is 8. The van der Waals surface area contributed by atoms with Crippen LogP contribution in [0, 0.1) is 0 Å². The summed E-state index contributed by atoms with van der Waals surface area (Å²) in [4.78, 5) is 4.63. The second kappa shape index (κ2) is 11.2. The van der Waals surface area contributed by atoms with E-state index in [-0.39, 0.29) is 0 Å². The van der Waals surface area contributed by atoms with Crippen LogP contribution in [0.25, 0.3) is 32.7 Å². The Morgan fingerprint density at radius 2 is 1.06 bits per heavy atom. The van der Waals surface area contributed by atoms with Crippen LogP contribution in [-0.2, 0) is 0 Å². The van der Waals surface area contributed by atoms with Crippen molar-refractivity contribution in [3.63, 3.8) is 0 Å². The molecule has 3 nitrogen and oxygen atoms in total. The molecular formula is C44H30N2O. The van der Waals surface area contributed by atoms with Crippen molar-refractivity contribution in [1.29, 1.82) is 0 Å². The maximum Gasteiger partial charge on any atom is 0.152 e. The highest BCUT2D eigenvalue weighted by Crippen LogP contribution is 2.51. The van der Waals surface area contributed by atoms with Crippen molar-refractivity contribution in [3.05, 3.63) is 182 Å². The molecule has 0 bridgehead atoms. The summed E-state index contributed by atoms with van der Waals surface area (Å²) in [5, 5.41) is 4.87. The monoisotopic (exact) mass is 602 g/mol. The Bertz CT molecular complexity index is 2390. The van der Waals surface area contributed by atoms with E-state index in [9.17, 15) is 0 Å². The fraction of sp³-hybridized carbons (Fsp3) is 0. The van der Waals surface area contributed by atoms with Crippen molar-refractivity contribution in [2.45, 2.75) is 0 Å². The summed E-state index contributed by atoms with van der Waals surface area (Å²) < 4.78 is 6.50. The largest absolute Gasteiger partial charge is 0.453 e. The molecule has 0 amide bonds. The predicted octanol–water partition coefficient (Wildman–Crippen LogP) is 12.7. The van der Waals surface area contributed by atoms with E-state index in [2.05, 4.69) is 174 Å². The first-order valence-electron chi connectivity index (χ1n) is 15.9.